The number of carboxylic acid groups (broad SMARTS) is 1. The highest BCUT2D eigenvalue weighted by molar-refractivity contribution is 5.69. The van der Waals surface area contributed by atoms with Crippen LogP contribution in [0.15, 0.2) is 11.9 Å². The maximum atomic E-state index is 10.00. The molecule has 0 bridgehead atoms. The predicted octanol–water partition coefficient (Wildman–Crippen LogP) is -0.933. The summed E-state index contributed by atoms with van der Waals surface area (Å²) in [7, 11) is 0. The second kappa shape index (κ2) is 3.73. The first-order valence-corrected chi connectivity index (χ1v) is 2.69. The van der Waals surface area contributed by atoms with Crippen LogP contribution in [0.5, 0.6) is 0 Å². The highest BCUT2D eigenvalue weighted by atomic mass is 16.4. The number of carbonyl (C=O) groups is 1. The second-order valence-electron chi connectivity index (χ2n) is 1.94. The molecule has 0 aliphatic heterocycles. The number of aliphatic carboxylic acids is 1. The van der Waals surface area contributed by atoms with E-state index in [4.69, 9.17) is 16.7 Å². The molecule has 0 radical (unpaired) electrons. The Labute approximate surface area is 58.9 Å². The van der Waals surface area contributed by atoms with Gasteiger partial charge in [0.05, 0.1) is 0 Å². The number of nitrogens with two attached hydrogens (primary N) is 2. The van der Waals surface area contributed by atoms with E-state index < -0.39 is 5.97 Å². The number of rotatable bonds is 3. The Kier molecular flexibility index (Phi) is 3.27. The van der Waals surface area contributed by atoms with E-state index in [1.54, 1.807) is 6.92 Å². The standard InChI is InChI=1S/C5H11N3O2/c1-4(6)2-8(7)3-5(9)10/h2H,3,6-7H2,1H3,(H,9,10)/b4-2-. The van der Waals surface area contributed by atoms with Gasteiger partial charge in [0.15, 0.2) is 0 Å². The van der Waals surface area contributed by atoms with Crippen molar-refractivity contribution in [2.45, 2.75) is 6.92 Å². The van der Waals surface area contributed by atoms with Crippen molar-refractivity contribution >= 4 is 5.97 Å². The van der Waals surface area contributed by atoms with Gasteiger partial charge in [-0.1, -0.05) is 0 Å². The molecule has 0 rings (SSSR count). The van der Waals surface area contributed by atoms with Gasteiger partial charge in [-0.25, -0.2) is 5.84 Å². The summed E-state index contributed by atoms with van der Waals surface area (Å²) in [6.45, 7) is 1.39. The Balaban J connectivity index is 3.75. The Hall–Kier alpha value is -1.23. The Bertz CT molecular complexity index is 151. The van der Waals surface area contributed by atoms with Gasteiger partial charge in [-0.05, 0) is 6.92 Å². The first-order valence-electron chi connectivity index (χ1n) is 2.69. The number of hydrogen-bond acceptors (Lipinski definition) is 4. The van der Waals surface area contributed by atoms with Gasteiger partial charge in [-0.15, -0.1) is 0 Å². The van der Waals surface area contributed by atoms with Gasteiger partial charge in [-0.3, -0.25) is 4.79 Å². The van der Waals surface area contributed by atoms with Gasteiger partial charge in [0.1, 0.15) is 6.54 Å². The van der Waals surface area contributed by atoms with Crippen LogP contribution in [0.1, 0.15) is 6.92 Å². The summed E-state index contributed by atoms with van der Waals surface area (Å²) in [5, 5.41) is 9.22. The molecule has 0 atom stereocenters. The fourth-order valence-electron chi connectivity index (χ4n) is 0.463. The largest absolute Gasteiger partial charge is 0.480 e. The van der Waals surface area contributed by atoms with Crippen LogP contribution in [0.3, 0.4) is 0 Å². The van der Waals surface area contributed by atoms with E-state index >= 15 is 0 Å². The van der Waals surface area contributed by atoms with Crippen LogP contribution in [-0.4, -0.2) is 22.6 Å². The summed E-state index contributed by atoms with van der Waals surface area (Å²) in [6.07, 6.45) is 1.36. The smallest absolute Gasteiger partial charge is 0.324 e. The molecule has 0 aliphatic carbocycles. The number of hydrogen-bond donors (Lipinski definition) is 3. The zero-order chi connectivity index (χ0) is 8.15. The SMILES string of the molecule is C/C(N)=C/N(N)CC(=O)O. The van der Waals surface area contributed by atoms with E-state index in [0.717, 1.165) is 5.01 Å². The summed E-state index contributed by atoms with van der Waals surface area (Å²) < 4.78 is 0. The van der Waals surface area contributed by atoms with E-state index in [9.17, 15) is 4.79 Å². The second-order valence-corrected chi connectivity index (χ2v) is 1.94. The van der Waals surface area contributed by atoms with Gasteiger partial charge < -0.3 is 15.8 Å². The molecular formula is C5H11N3O2. The number of allylic oxidation sites excluding steroid dienone is 1. The summed E-state index contributed by atoms with van der Waals surface area (Å²) in [5.41, 5.74) is 5.69. The molecule has 0 heterocycles. The minimum absolute atomic E-state index is 0.242. The van der Waals surface area contributed by atoms with Crippen molar-refractivity contribution in [3.05, 3.63) is 11.9 Å². The summed E-state index contributed by atoms with van der Waals surface area (Å²) in [5.74, 6) is 4.19. The monoisotopic (exact) mass is 145 g/mol. The van der Waals surface area contributed by atoms with Crippen LogP contribution >= 0.6 is 0 Å². The third-order valence-electron chi connectivity index (χ3n) is 0.687. The molecule has 0 saturated carbocycles. The van der Waals surface area contributed by atoms with Crippen molar-refractivity contribution in [3.8, 4) is 0 Å². The van der Waals surface area contributed by atoms with Crippen molar-refractivity contribution in [1.82, 2.24) is 5.01 Å². The van der Waals surface area contributed by atoms with Gasteiger partial charge in [-0.2, -0.15) is 0 Å². The zero-order valence-electron chi connectivity index (χ0n) is 5.74. The third-order valence-corrected chi connectivity index (χ3v) is 0.687. The maximum Gasteiger partial charge on any atom is 0.324 e. The van der Waals surface area contributed by atoms with E-state index in [0.29, 0.717) is 5.70 Å². The molecule has 0 aromatic heterocycles. The molecular weight excluding hydrogens is 134 g/mol. The minimum atomic E-state index is -0.986. The molecule has 5 nitrogen and oxygen atoms in total. The third kappa shape index (κ3) is 4.92. The lowest BCUT2D eigenvalue weighted by Crippen LogP contribution is -2.31. The molecule has 10 heavy (non-hydrogen) atoms. The van der Waals surface area contributed by atoms with E-state index in [2.05, 4.69) is 0 Å². The highest BCUT2D eigenvalue weighted by Gasteiger charge is 1.98. The molecule has 5 N–H and O–H groups in total. The topological polar surface area (TPSA) is 92.6 Å². The molecule has 0 saturated heterocycles. The quantitative estimate of drug-likeness (QED) is 0.352. The minimum Gasteiger partial charge on any atom is -0.480 e. The molecule has 58 valence electrons. The van der Waals surface area contributed by atoms with Crippen molar-refractivity contribution < 1.29 is 9.90 Å². The molecule has 0 aromatic carbocycles. The Morgan fingerprint density at radius 1 is 1.80 bits per heavy atom. The lowest BCUT2D eigenvalue weighted by molar-refractivity contribution is -0.137. The molecule has 0 spiro atoms. The molecule has 0 aromatic rings. The first-order chi connectivity index (χ1) is 4.52. The zero-order valence-corrected chi connectivity index (χ0v) is 5.74. The average Bonchev–Trinajstić information content (AvgIpc) is 1.58. The maximum absolute atomic E-state index is 10.00. The van der Waals surface area contributed by atoms with Gasteiger partial charge in [0.2, 0.25) is 0 Å². The van der Waals surface area contributed by atoms with Crippen LogP contribution in [-0.2, 0) is 4.79 Å². The lowest BCUT2D eigenvalue weighted by Gasteiger charge is -2.09. The van der Waals surface area contributed by atoms with Crippen LogP contribution in [0.2, 0.25) is 0 Å². The molecule has 0 unspecified atom stereocenters. The first kappa shape index (κ1) is 8.77. The van der Waals surface area contributed by atoms with E-state index in [-0.39, 0.29) is 6.54 Å². The Morgan fingerprint density at radius 2 is 2.30 bits per heavy atom. The molecule has 0 fully saturated rings. The number of hydrazine groups is 1. The van der Waals surface area contributed by atoms with Crippen molar-refractivity contribution in [1.29, 1.82) is 0 Å². The molecule has 0 aliphatic rings. The fourth-order valence-corrected chi connectivity index (χ4v) is 0.463. The van der Waals surface area contributed by atoms with Crippen LogP contribution in [0.4, 0.5) is 0 Å². The Morgan fingerprint density at radius 3 is 2.60 bits per heavy atom. The normalized spacial score (nSPS) is 11.2. The van der Waals surface area contributed by atoms with E-state index in [1.165, 1.54) is 6.20 Å². The molecule has 0 amide bonds. The molecule has 5 heteroatoms. The van der Waals surface area contributed by atoms with Crippen LogP contribution < -0.4 is 11.6 Å². The van der Waals surface area contributed by atoms with Crippen molar-refractivity contribution in [2.75, 3.05) is 6.54 Å². The predicted molar refractivity (Wildman–Crippen MR) is 36.5 cm³/mol. The lowest BCUT2D eigenvalue weighted by atomic mass is 10.5. The fraction of sp³-hybridized carbons (Fsp3) is 0.400. The van der Waals surface area contributed by atoms with Gasteiger partial charge >= 0.3 is 5.97 Å². The summed E-state index contributed by atoms with van der Waals surface area (Å²) >= 11 is 0. The summed E-state index contributed by atoms with van der Waals surface area (Å²) in [6, 6.07) is 0. The van der Waals surface area contributed by atoms with Gasteiger partial charge in [0, 0.05) is 11.9 Å². The van der Waals surface area contributed by atoms with Crippen LogP contribution in [0, 0.1) is 0 Å². The van der Waals surface area contributed by atoms with Crippen LogP contribution in [0.25, 0.3) is 0 Å². The number of carboxylic acids is 1. The van der Waals surface area contributed by atoms with Crippen molar-refractivity contribution in [2.24, 2.45) is 11.6 Å². The highest BCUT2D eigenvalue weighted by Crippen LogP contribution is 1.83. The van der Waals surface area contributed by atoms with Crippen molar-refractivity contribution in [3.63, 3.8) is 0 Å². The van der Waals surface area contributed by atoms with E-state index in [1.807, 2.05) is 0 Å². The average molecular weight is 145 g/mol. The number of nitrogens with zero attached hydrogens (tertiary/aromatic N) is 1. The summed E-state index contributed by atoms with van der Waals surface area (Å²) in [4.78, 5) is 10.00. The van der Waals surface area contributed by atoms with Gasteiger partial charge in [0.25, 0.3) is 0 Å².